The van der Waals surface area contributed by atoms with Gasteiger partial charge in [-0.2, -0.15) is 10.2 Å². The lowest BCUT2D eigenvalue weighted by Crippen LogP contribution is -2.01. The molecule has 0 bridgehead atoms. The summed E-state index contributed by atoms with van der Waals surface area (Å²) in [5, 5.41) is 7.45. The Balaban J connectivity index is 2.43. The molecule has 0 saturated carbocycles. The van der Waals surface area contributed by atoms with Gasteiger partial charge >= 0.3 is 0 Å². The third-order valence-corrected chi connectivity index (χ3v) is 2.22. The first-order valence-electron chi connectivity index (χ1n) is 3.12. The Morgan fingerprint density at radius 1 is 1.55 bits per heavy atom. The molecule has 1 aliphatic carbocycles. The van der Waals surface area contributed by atoms with Crippen LogP contribution in [0.1, 0.15) is 0 Å². The summed E-state index contributed by atoms with van der Waals surface area (Å²) >= 11 is 3.14. The number of alkyl halides is 1. The van der Waals surface area contributed by atoms with Crippen molar-refractivity contribution in [3.8, 4) is 0 Å². The van der Waals surface area contributed by atoms with E-state index in [1.54, 1.807) is 12.3 Å². The van der Waals surface area contributed by atoms with Crippen LogP contribution in [0.15, 0.2) is 45.7 Å². The maximum Gasteiger partial charge on any atom is 0.118 e. The third-order valence-electron chi connectivity index (χ3n) is 1.52. The Hall–Kier alpha value is -0.770. The first-order valence-corrected chi connectivity index (χ1v) is 4.03. The normalized spacial score (nSPS) is 27.5. The van der Waals surface area contributed by atoms with Crippen LogP contribution in [0.5, 0.6) is 0 Å². The van der Waals surface area contributed by atoms with E-state index < -0.39 is 0 Å². The van der Waals surface area contributed by atoms with E-state index in [1.165, 1.54) is 6.08 Å². The second-order valence-corrected chi connectivity index (χ2v) is 3.27. The lowest BCUT2D eigenvalue weighted by atomic mass is 10.1. The number of azo groups is 1. The molecule has 0 fully saturated rings. The number of halogens is 2. The smallest absolute Gasteiger partial charge is 0.118 e. The van der Waals surface area contributed by atoms with Gasteiger partial charge in [-0.05, 0) is 12.2 Å². The Labute approximate surface area is 71.3 Å². The molecule has 1 heterocycles. The van der Waals surface area contributed by atoms with Gasteiger partial charge in [-0.1, -0.05) is 15.9 Å². The molecule has 56 valence electrons. The van der Waals surface area contributed by atoms with Crippen molar-refractivity contribution in [2.45, 2.75) is 4.83 Å². The number of allylic oxidation sites excluding steroid dienone is 3. The van der Waals surface area contributed by atoms with Crippen LogP contribution in [-0.4, -0.2) is 4.83 Å². The lowest BCUT2D eigenvalue weighted by Gasteiger charge is -2.08. The van der Waals surface area contributed by atoms with Crippen LogP contribution in [0.3, 0.4) is 0 Å². The molecule has 0 radical (unpaired) electrons. The minimum atomic E-state index is -0.341. The minimum Gasteiger partial charge on any atom is -0.210 e. The summed E-state index contributed by atoms with van der Waals surface area (Å²) in [4.78, 5) is -0.341. The predicted octanol–water partition coefficient (Wildman–Crippen LogP) is 2.85. The first kappa shape index (κ1) is 6.91. The molecule has 0 spiro atoms. The zero-order valence-electron chi connectivity index (χ0n) is 5.46. The Morgan fingerprint density at radius 3 is 3.18 bits per heavy atom. The van der Waals surface area contributed by atoms with Crippen molar-refractivity contribution >= 4 is 15.9 Å². The fourth-order valence-corrected chi connectivity index (χ4v) is 1.35. The topological polar surface area (TPSA) is 24.7 Å². The van der Waals surface area contributed by atoms with E-state index in [0.717, 1.165) is 11.3 Å². The van der Waals surface area contributed by atoms with Gasteiger partial charge in [-0.15, -0.1) is 0 Å². The molecular weight excluding hydrogens is 211 g/mol. The fraction of sp³-hybridized carbons (Fsp3) is 0.143. The highest BCUT2D eigenvalue weighted by atomic mass is 79.9. The second-order valence-electron chi connectivity index (χ2n) is 2.28. The zero-order chi connectivity index (χ0) is 7.84. The number of nitrogens with zero attached hydrogens (tertiary/aromatic N) is 2. The van der Waals surface area contributed by atoms with Crippen LogP contribution in [-0.2, 0) is 0 Å². The summed E-state index contributed by atoms with van der Waals surface area (Å²) in [6, 6.07) is 0. The lowest BCUT2D eigenvalue weighted by molar-refractivity contribution is 0.621. The molecule has 0 saturated heterocycles. The standard InChI is InChI=1S/C7H4BrFN2/c8-5-2-7-4(1-6(5)9)3-10-11-7/h1-3,5H/t5-/m0/s1. The monoisotopic (exact) mass is 214 g/mol. The SMILES string of the molecule is FC1=CC2=CN=NC2=C[C@@H]1Br. The van der Waals surface area contributed by atoms with Gasteiger partial charge in [0.15, 0.2) is 0 Å². The Bertz CT molecular complexity index is 314. The molecule has 2 aliphatic rings. The van der Waals surface area contributed by atoms with E-state index in [-0.39, 0.29) is 10.7 Å². The average molecular weight is 215 g/mol. The quantitative estimate of drug-likeness (QED) is 0.555. The maximum absolute atomic E-state index is 12.9. The first-order chi connectivity index (χ1) is 5.27. The fourth-order valence-electron chi connectivity index (χ4n) is 0.964. The molecule has 1 atom stereocenters. The molecule has 11 heavy (non-hydrogen) atoms. The van der Waals surface area contributed by atoms with Crippen molar-refractivity contribution in [2.75, 3.05) is 0 Å². The third kappa shape index (κ3) is 1.07. The number of hydrogen-bond acceptors (Lipinski definition) is 2. The maximum atomic E-state index is 12.9. The van der Waals surface area contributed by atoms with Crippen LogP contribution in [0.25, 0.3) is 0 Å². The van der Waals surface area contributed by atoms with E-state index >= 15 is 0 Å². The highest BCUT2D eigenvalue weighted by Gasteiger charge is 2.19. The molecular formula is C7H4BrFN2. The summed E-state index contributed by atoms with van der Waals surface area (Å²) in [6.45, 7) is 0. The van der Waals surface area contributed by atoms with E-state index in [9.17, 15) is 4.39 Å². The molecule has 2 nitrogen and oxygen atoms in total. The van der Waals surface area contributed by atoms with Crippen molar-refractivity contribution in [3.63, 3.8) is 0 Å². The van der Waals surface area contributed by atoms with Gasteiger partial charge in [-0.3, -0.25) is 0 Å². The van der Waals surface area contributed by atoms with Gasteiger partial charge in [0.25, 0.3) is 0 Å². The van der Waals surface area contributed by atoms with Gasteiger partial charge < -0.3 is 0 Å². The minimum absolute atomic E-state index is 0.202. The van der Waals surface area contributed by atoms with Gasteiger partial charge in [0.1, 0.15) is 5.83 Å². The van der Waals surface area contributed by atoms with Crippen LogP contribution < -0.4 is 0 Å². The van der Waals surface area contributed by atoms with E-state index in [0.29, 0.717) is 0 Å². The molecule has 0 aromatic rings. The highest BCUT2D eigenvalue weighted by Crippen LogP contribution is 2.31. The molecule has 1 aliphatic heterocycles. The zero-order valence-corrected chi connectivity index (χ0v) is 7.05. The summed E-state index contributed by atoms with van der Waals surface area (Å²) in [5.74, 6) is -0.202. The second kappa shape index (κ2) is 2.37. The van der Waals surface area contributed by atoms with Gasteiger partial charge in [0.05, 0.1) is 16.7 Å². The Kier molecular flexibility index (Phi) is 1.49. The molecule has 0 N–H and O–H groups in total. The molecule has 0 unspecified atom stereocenters. The number of fused-ring (bicyclic) bond motifs is 1. The van der Waals surface area contributed by atoms with Crippen LogP contribution >= 0.6 is 15.9 Å². The van der Waals surface area contributed by atoms with Crippen molar-refractivity contribution in [3.05, 3.63) is 35.4 Å². The van der Waals surface area contributed by atoms with Gasteiger partial charge in [0.2, 0.25) is 0 Å². The summed E-state index contributed by atoms with van der Waals surface area (Å²) < 4.78 is 12.9. The number of rotatable bonds is 0. The molecule has 2 rings (SSSR count). The van der Waals surface area contributed by atoms with E-state index in [2.05, 4.69) is 26.2 Å². The average Bonchev–Trinajstić information content (AvgIpc) is 2.36. The highest BCUT2D eigenvalue weighted by molar-refractivity contribution is 9.09. The molecule has 0 aromatic carbocycles. The Morgan fingerprint density at radius 2 is 2.36 bits per heavy atom. The van der Waals surface area contributed by atoms with Gasteiger partial charge in [0, 0.05) is 5.57 Å². The number of hydrogen-bond donors (Lipinski definition) is 0. The molecule has 4 heteroatoms. The van der Waals surface area contributed by atoms with Crippen LogP contribution in [0, 0.1) is 0 Å². The molecule has 0 aromatic heterocycles. The molecule has 0 amide bonds. The van der Waals surface area contributed by atoms with Crippen molar-refractivity contribution in [1.29, 1.82) is 0 Å². The predicted molar refractivity (Wildman–Crippen MR) is 42.9 cm³/mol. The van der Waals surface area contributed by atoms with Crippen molar-refractivity contribution in [2.24, 2.45) is 10.2 Å². The summed E-state index contributed by atoms with van der Waals surface area (Å²) in [6.07, 6.45) is 4.68. The van der Waals surface area contributed by atoms with Crippen LogP contribution in [0.2, 0.25) is 0 Å². The van der Waals surface area contributed by atoms with Crippen molar-refractivity contribution < 1.29 is 4.39 Å². The van der Waals surface area contributed by atoms with Crippen molar-refractivity contribution in [1.82, 2.24) is 0 Å². The van der Waals surface area contributed by atoms with Crippen LogP contribution in [0.4, 0.5) is 4.39 Å². The van der Waals surface area contributed by atoms with E-state index in [1.807, 2.05) is 0 Å². The largest absolute Gasteiger partial charge is 0.210 e. The van der Waals surface area contributed by atoms with E-state index in [4.69, 9.17) is 0 Å². The summed E-state index contributed by atoms with van der Waals surface area (Å²) in [7, 11) is 0. The summed E-state index contributed by atoms with van der Waals surface area (Å²) in [5.41, 5.74) is 1.49. The van der Waals surface area contributed by atoms with Gasteiger partial charge in [-0.25, -0.2) is 4.39 Å².